The van der Waals surface area contributed by atoms with Crippen LogP contribution in [0.5, 0.6) is 0 Å². The Morgan fingerprint density at radius 1 is 1.05 bits per heavy atom. The molecule has 0 spiro atoms. The number of aliphatic carboxylic acids is 1. The van der Waals surface area contributed by atoms with Crippen LogP contribution in [0.4, 0.5) is 11.4 Å². The zero-order chi connectivity index (χ0) is 25.9. The standard InChI is InChI=1S/C26H29N5O4S2/c32-21(27-19-7-1-8-20(15-19)31-25(36)28-29-26(31)37)9-4-12-35-23(24(33)34)18-13-16-5-2-10-30-11-3-6-17(14-18)22(16)30/h1,7-8,13-15,23H,2-6,9-12H2,(H,27,32)(H,28,36)(H,29,37)(H,33,34). The van der Waals surface area contributed by atoms with Gasteiger partial charge in [-0.05, 0) is 91.4 Å². The van der Waals surface area contributed by atoms with Crippen LogP contribution in [0.25, 0.3) is 5.69 Å². The molecule has 5 rings (SSSR count). The Morgan fingerprint density at radius 3 is 2.38 bits per heavy atom. The number of H-pyrrole nitrogens is 2. The molecule has 0 bridgehead atoms. The molecular weight excluding hydrogens is 510 g/mol. The van der Waals surface area contributed by atoms with E-state index in [-0.39, 0.29) is 18.9 Å². The summed E-state index contributed by atoms with van der Waals surface area (Å²) in [6.07, 6.45) is 3.63. The summed E-state index contributed by atoms with van der Waals surface area (Å²) in [5.41, 5.74) is 5.76. The lowest BCUT2D eigenvalue weighted by Gasteiger charge is -2.37. The average Bonchev–Trinajstić information content (AvgIpc) is 3.21. The second kappa shape index (κ2) is 11.0. The van der Waals surface area contributed by atoms with Crippen LogP contribution < -0.4 is 10.2 Å². The Morgan fingerprint density at radius 2 is 1.73 bits per heavy atom. The van der Waals surface area contributed by atoms with Crippen molar-refractivity contribution in [2.24, 2.45) is 0 Å². The number of rotatable bonds is 9. The highest BCUT2D eigenvalue weighted by molar-refractivity contribution is 7.72. The van der Waals surface area contributed by atoms with Crippen molar-refractivity contribution in [2.75, 3.05) is 29.9 Å². The third kappa shape index (κ3) is 5.53. The van der Waals surface area contributed by atoms with Gasteiger partial charge in [-0.1, -0.05) is 18.2 Å². The molecule has 194 valence electrons. The number of carbonyl (C=O) groups excluding carboxylic acids is 1. The number of carboxylic acids is 1. The number of benzene rings is 2. The van der Waals surface area contributed by atoms with E-state index in [9.17, 15) is 14.7 Å². The molecule has 0 radical (unpaired) electrons. The monoisotopic (exact) mass is 539 g/mol. The van der Waals surface area contributed by atoms with Crippen LogP contribution in [0, 0.1) is 9.54 Å². The minimum Gasteiger partial charge on any atom is -0.479 e. The Bertz CT molecular complexity index is 1380. The Balaban J connectivity index is 1.18. The Labute approximate surface area is 224 Å². The molecule has 1 unspecified atom stereocenters. The predicted molar refractivity (Wildman–Crippen MR) is 146 cm³/mol. The van der Waals surface area contributed by atoms with E-state index < -0.39 is 12.1 Å². The lowest BCUT2D eigenvalue weighted by molar-refractivity contribution is -0.151. The number of carboxylic acid groups (broad SMARTS) is 1. The molecule has 0 aliphatic carbocycles. The van der Waals surface area contributed by atoms with Gasteiger partial charge < -0.3 is 20.1 Å². The third-order valence-electron chi connectivity index (χ3n) is 6.79. The first-order valence-electron chi connectivity index (χ1n) is 12.5. The van der Waals surface area contributed by atoms with Gasteiger partial charge in [-0.3, -0.25) is 19.6 Å². The van der Waals surface area contributed by atoms with E-state index in [0.29, 0.717) is 27.2 Å². The summed E-state index contributed by atoms with van der Waals surface area (Å²) in [6, 6.07) is 11.2. The van der Waals surface area contributed by atoms with Gasteiger partial charge in [0, 0.05) is 37.5 Å². The number of aryl methyl sites for hydroxylation is 2. The predicted octanol–water partition coefficient (Wildman–Crippen LogP) is 4.85. The summed E-state index contributed by atoms with van der Waals surface area (Å²) < 4.78 is 8.31. The van der Waals surface area contributed by atoms with Gasteiger partial charge >= 0.3 is 5.97 Å². The highest BCUT2D eigenvalue weighted by atomic mass is 32.1. The highest BCUT2D eigenvalue weighted by Gasteiger charge is 2.28. The van der Waals surface area contributed by atoms with Crippen LogP contribution >= 0.6 is 24.4 Å². The molecule has 0 saturated heterocycles. The van der Waals surface area contributed by atoms with Gasteiger partial charge in [0.15, 0.2) is 15.6 Å². The number of aromatic amines is 2. The number of aromatic nitrogens is 3. The van der Waals surface area contributed by atoms with Crippen LogP contribution in [0.2, 0.25) is 0 Å². The van der Waals surface area contributed by atoms with E-state index in [1.165, 1.54) is 16.8 Å². The van der Waals surface area contributed by atoms with Crippen molar-refractivity contribution < 1.29 is 19.4 Å². The minimum absolute atomic E-state index is 0.163. The lowest BCUT2D eigenvalue weighted by Crippen LogP contribution is -2.34. The van der Waals surface area contributed by atoms with Crippen molar-refractivity contribution in [3.8, 4) is 5.69 Å². The summed E-state index contributed by atoms with van der Waals surface area (Å²) >= 11 is 10.5. The molecule has 11 heteroatoms. The van der Waals surface area contributed by atoms with Gasteiger partial charge in [-0.15, -0.1) is 0 Å². The summed E-state index contributed by atoms with van der Waals surface area (Å²) in [6.45, 7) is 2.30. The van der Waals surface area contributed by atoms with Crippen LogP contribution in [-0.2, 0) is 27.2 Å². The first-order chi connectivity index (χ1) is 17.9. The molecule has 0 fully saturated rings. The molecule has 4 N–H and O–H groups in total. The van der Waals surface area contributed by atoms with E-state index in [1.54, 1.807) is 22.8 Å². The van der Waals surface area contributed by atoms with Crippen molar-refractivity contribution >= 4 is 47.7 Å². The second-order valence-electron chi connectivity index (χ2n) is 9.37. The molecule has 2 aromatic carbocycles. The molecule has 37 heavy (non-hydrogen) atoms. The zero-order valence-corrected chi connectivity index (χ0v) is 21.9. The molecular formula is C26H29N5O4S2. The highest BCUT2D eigenvalue weighted by Crippen LogP contribution is 2.37. The topological polar surface area (TPSA) is 115 Å². The van der Waals surface area contributed by atoms with E-state index in [1.807, 2.05) is 18.2 Å². The van der Waals surface area contributed by atoms with E-state index in [2.05, 4.69) is 20.4 Å². The largest absolute Gasteiger partial charge is 0.479 e. The number of carbonyl (C=O) groups is 2. The van der Waals surface area contributed by atoms with E-state index in [4.69, 9.17) is 29.2 Å². The van der Waals surface area contributed by atoms with Crippen molar-refractivity contribution in [2.45, 2.75) is 44.6 Å². The molecule has 2 aliphatic rings. The number of nitrogens with one attached hydrogen (secondary N) is 3. The maximum atomic E-state index is 12.5. The second-order valence-corrected chi connectivity index (χ2v) is 10.1. The third-order valence-corrected chi connectivity index (χ3v) is 7.35. The van der Waals surface area contributed by atoms with E-state index in [0.717, 1.165) is 44.5 Å². The normalized spacial score (nSPS) is 15.2. The van der Waals surface area contributed by atoms with Gasteiger partial charge in [-0.2, -0.15) is 0 Å². The average molecular weight is 540 g/mol. The van der Waals surface area contributed by atoms with Crippen molar-refractivity contribution in [3.05, 3.63) is 62.6 Å². The van der Waals surface area contributed by atoms with Gasteiger partial charge in [-0.25, -0.2) is 4.79 Å². The first kappa shape index (κ1) is 25.4. The fraction of sp³-hybridized carbons (Fsp3) is 0.385. The molecule has 2 aliphatic heterocycles. The van der Waals surface area contributed by atoms with Gasteiger partial charge in [0.25, 0.3) is 0 Å². The van der Waals surface area contributed by atoms with E-state index >= 15 is 0 Å². The fourth-order valence-corrected chi connectivity index (χ4v) is 5.77. The molecule has 1 amide bonds. The molecule has 9 nitrogen and oxygen atoms in total. The summed E-state index contributed by atoms with van der Waals surface area (Å²) in [5, 5.41) is 18.3. The summed E-state index contributed by atoms with van der Waals surface area (Å²) in [5.74, 6) is -1.20. The fourth-order valence-electron chi connectivity index (χ4n) is 5.22. The molecule has 1 atom stereocenters. The molecule has 3 aromatic rings. The maximum Gasteiger partial charge on any atom is 0.337 e. The molecule has 3 heterocycles. The van der Waals surface area contributed by atoms with Crippen LogP contribution in [0.3, 0.4) is 0 Å². The quantitative estimate of drug-likeness (QED) is 0.227. The van der Waals surface area contributed by atoms with Crippen LogP contribution in [0.1, 0.15) is 48.5 Å². The number of ether oxygens (including phenoxy) is 1. The lowest BCUT2D eigenvalue weighted by atomic mass is 9.89. The first-order valence-corrected chi connectivity index (χ1v) is 13.3. The van der Waals surface area contributed by atoms with Gasteiger partial charge in [0.05, 0.1) is 5.69 Å². The Hall–Kier alpha value is -3.28. The minimum atomic E-state index is -1.05. The summed E-state index contributed by atoms with van der Waals surface area (Å²) in [7, 11) is 0. The Kier molecular flexibility index (Phi) is 7.54. The number of nitrogens with zero attached hydrogens (tertiary/aromatic N) is 2. The molecule has 1 aromatic heterocycles. The number of hydrogen-bond acceptors (Lipinski definition) is 6. The SMILES string of the molecule is O=C(CCCOC(C(=O)O)c1cc2c3c(c1)CCCN3CCC2)Nc1cccc(-n2c(=S)[nH][nH]c2=S)c1. The van der Waals surface area contributed by atoms with Crippen molar-refractivity contribution in [1.29, 1.82) is 0 Å². The van der Waals surface area contributed by atoms with Crippen LogP contribution in [0.15, 0.2) is 36.4 Å². The summed E-state index contributed by atoms with van der Waals surface area (Å²) in [4.78, 5) is 27.0. The van der Waals surface area contributed by atoms with Gasteiger partial charge in [0.2, 0.25) is 5.91 Å². The maximum absolute atomic E-state index is 12.5. The zero-order valence-electron chi connectivity index (χ0n) is 20.3. The number of amides is 1. The van der Waals surface area contributed by atoms with Crippen LogP contribution in [-0.4, -0.2) is 51.4 Å². The smallest absolute Gasteiger partial charge is 0.337 e. The number of hydrogen-bond donors (Lipinski definition) is 4. The van der Waals surface area contributed by atoms with Gasteiger partial charge in [0.1, 0.15) is 0 Å². The van der Waals surface area contributed by atoms with Crippen molar-refractivity contribution in [1.82, 2.24) is 14.8 Å². The number of anilines is 2. The molecule has 0 saturated carbocycles. The van der Waals surface area contributed by atoms with Crippen molar-refractivity contribution in [3.63, 3.8) is 0 Å².